The molecule has 1 aromatic carbocycles. The van der Waals surface area contributed by atoms with Gasteiger partial charge in [-0.25, -0.2) is 0 Å². The first kappa shape index (κ1) is 15.8. The van der Waals surface area contributed by atoms with Crippen molar-refractivity contribution in [2.24, 2.45) is 11.8 Å². The number of hydrogen-bond acceptors (Lipinski definition) is 2. The summed E-state index contributed by atoms with van der Waals surface area (Å²) in [5, 5.41) is 6.68. The maximum absolute atomic E-state index is 12.3. The lowest BCUT2D eigenvalue weighted by Crippen LogP contribution is -2.58. The quantitative estimate of drug-likeness (QED) is 0.778. The van der Waals surface area contributed by atoms with Crippen LogP contribution in [0.5, 0.6) is 0 Å². The molecule has 1 aliphatic heterocycles. The number of hydrogen-bond donors (Lipinski definition) is 2. The van der Waals surface area contributed by atoms with Crippen molar-refractivity contribution in [3.05, 3.63) is 47.5 Å². The lowest BCUT2D eigenvalue weighted by atomic mass is 9.79. The normalized spacial score (nSPS) is 30.8. The molecule has 1 amide bonds. The number of benzene rings is 1. The Bertz CT molecular complexity index is 524. The highest BCUT2D eigenvalue weighted by Gasteiger charge is 2.39. The van der Waals surface area contributed by atoms with Crippen molar-refractivity contribution in [2.75, 3.05) is 0 Å². The van der Waals surface area contributed by atoms with Gasteiger partial charge in [0.15, 0.2) is 0 Å². The average Bonchev–Trinajstić information content (AvgIpc) is 2.49. The van der Waals surface area contributed by atoms with Gasteiger partial charge >= 0.3 is 0 Å². The molecular formula is C18H26N2O. The van der Waals surface area contributed by atoms with Gasteiger partial charge in [0.05, 0.1) is 5.92 Å². The smallest absolute Gasteiger partial charge is 0.226 e. The van der Waals surface area contributed by atoms with E-state index in [1.807, 2.05) is 19.9 Å². The Kier molecular flexibility index (Phi) is 5.18. The molecule has 3 rings (SSSR count). The van der Waals surface area contributed by atoms with E-state index in [1.54, 1.807) is 0 Å². The molecule has 0 bridgehead atoms. The van der Waals surface area contributed by atoms with Crippen LogP contribution in [0.2, 0.25) is 0 Å². The molecular weight excluding hydrogens is 260 g/mol. The summed E-state index contributed by atoms with van der Waals surface area (Å²) in [6.45, 7) is 8.18. The minimum Gasteiger partial charge on any atom is -0.336 e. The van der Waals surface area contributed by atoms with Gasteiger partial charge in [-0.05, 0) is 24.8 Å². The number of rotatable bonds is 1. The van der Waals surface area contributed by atoms with Gasteiger partial charge in [0, 0.05) is 6.04 Å². The lowest BCUT2D eigenvalue weighted by molar-refractivity contribution is -0.131. The third-order valence-electron chi connectivity index (χ3n) is 4.18. The minimum atomic E-state index is -0.0626. The summed E-state index contributed by atoms with van der Waals surface area (Å²) in [5.74, 6) is 0.544. The minimum absolute atomic E-state index is 0.0612. The second-order valence-corrected chi connectivity index (χ2v) is 5.68. The largest absolute Gasteiger partial charge is 0.336 e. The fourth-order valence-electron chi connectivity index (χ4n) is 3.19. The van der Waals surface area contributed by atoms with Gasteiger partial charge in [0.25, 0.3) is 0 Å². The highest BCUT2D eigenvalue weighted by molar-refractivity contribution is 5.81. The second kappa shape index (κ2) is 6.90. The Labute approximate surface area is 127 Å². The van der Waals surface area contributed by atoms with Crippen LogP contribution < -0.4 is 10.6 Å². The zero-order chi connectivity index (χ0) is 15.4. The maximum Gasteiger partial charge on any atom is 0.226 e. The van der Waals surface area contributed by atoms with Crippen LogP contribution in [-0.4, -0.2) is 11.9 Å². The molecule has 1 aromatic rings. The number of carbonyl (C=O) groups is 1. The number of carbonyl (C=O) groups excluding carboxylic acids is 1. The Morgan fingerprint density at radius 1 is 1.24 bits per heavy atom. The third-order valence-corrected chi connectivity index (χ3v) is 4.18. The molecule has 4 unspecified atom stereocenters. The summed E-state index contributed by atoms with van der Waals surface area (Å²) in [7, 11) is 0. The number of allylic oxidation sites excluding steroid dienone is 1. The van der Waals surface area contributed by atoms with Gasteiger partial charge in [-0.1, -0.05) is 62.8 Å². The molecule has 1 aliphatic carbocycles. The molecule has 3 nitrogen and oxygen atoms in total. The molecule has 2 aliphatic rings. The lowest BCUT2D eigenvalue weighted by Gasteiger charge is -2.41. The van der Waals surface area contributed by atoms with Crippen LogP contribution in [0.1, 0.15) is 44.5 Å². The summed E-state index contributed by atoms with van der Waals surface area (Å²) in [5.41, 5.74) is 2.35. The topological polar surface area (TPSA) is 41.1 Å². The van der Waals surface area contributed by atoms with Crippen LogP contribution in [-0.2, 0) is 4.79 Å². The van der Waals surface area contributed by atoms with Crippen LogP contribution >= 0.6 is 0 Å². The summed E-state index contributed by atoms with van der Waals surface area (Å²) >= 11 is 0. The number of amides is 1. The van der Waals surface area contributed by atoms with Crippen LogP contribution in [0.4, 0.5) is 0 Å². The molecule has 21 heavy (non-hydrogen) atoms. The molecule has 4 atom stereocenters. The maximum atomic E-state index is 12.3. The molecule has 0 saturated carbocycles. The zero-order valence-electron chi connectivity index (χ0n) is 13.4. The standard InChI is InChI=1S/C16H20N2O.C2H6/c1-10-5-3-7-12(9-10)15-17-13-8-4-6-11(2)14(13)16(19)18-15;1-2/h3-7,9,11,13-15,17H,8H2,1-2H3,(H,18,19);1-2H3. The summed E-state index contributed by atoms with van der Waals surface area (Å²) in [6, 6.07) is 8.55. The summed E-state index contributed by atoms with van der Waals surface area (Å²) in [4.78, 5) is 12.3. The predicted molar refractivity (Wildman–Crippen MR) is 86.7 cm³/mol. The van der Waals surface area contributed by atoms with Crippen molar-refractivity contribution in [3.8, 4) is 0 Å². The van der Waals surface area contributed by atoms with Crippen molar-refractivity contribution >= 4 is 5.91 Å². The van der Waals surface area contributed by atoms with Crippen molar-refractivity contribution in [1.82, 2.24) is 10.6 Å². The van der Waals surface area contributed by atoms with Gasteiger partial charge in [-0.3, -0.25) is 10.1 Å². The van der Waals surface area contributed by atoms with E-state index in [2.05, 4.69) is 54.8 Å². The van der Waals surface area contributed by atoms with Crippen molar-refractivity contribution in [3.63, 3.8) is 0 Å². The van der Waals surface area contributed by atoms with E-state index in [9.17, 15) is 4.79 Å². The van der Waals surface area contributed by atoms with E-state index in [0.29, 0.717) is 5.92 Å². The van der Waals surface area contributed by atoms with E-state index < -0.39 is 0 Å². The molecule has 114 valence electrons. The van der Waals surface area contributed by atoms with E-state index in [1.165, 1.54) is 5.56 Å². The van der Waals surface area contributed by atoms with E-state index in [0.717, 1.165) is 12.0 Å². The fourth-order valence-corrected chi connectivity index (χ4v) is 3.19. The van der Waals surface area contributed by atoms with Gasteiger partial charge in [-0.15, -0.1) is 0 Å². The van der Waals surface area contributed by atoms with Gasteiger partial charge in [0.2, 0.25) is 5.91 Å². The molecule has 1 saturated heterocycles. The SMILES string of the molecule is CC.Cc1cccc(C2NC(=O)C3C(C)C=CCC3N2)c1. The highest BCUT2D eigenvalue weighted by atomic mass is 16.2. The number of fused-ring (bicyclic) bond motifs is 1. The zero-order valence-corrected chi connectivity index (χ0v) is 13.4. The van der Waals surface area contributed by atoms with Crippen molar-refractivity contribution in [1.29, 1.82) is 0 Å². The molecule has 0 radical (unpaired) electrons. The highest BCUT2D eigenvalue weighted by Crippen LogP contribution is 2.30. The van der Waals surface area contributed by atoms with Gasteiger partial charge in [-0.2, -0.15) is 0 Å². The van der Waals surface area contributed by atoms with Crippen LogP contribution in [0.15, 0.2) is 36.4 Å². The Morgan fingerprint density at radius 2 is 2.00 bits per heavy atom. The fraction of sp³-hybridized carbons (Fsp3) is 0.500. The Hall–Kier alpha value is -1.61. The monoisotopic (exact) mass is 286 g/mol. The van der Waals surface area contributed by atoms with Crippen LogP contribution in [0.25, 0.3) is 0 Å². The molecule has 0 aromatic heterocycles. The Morgan fingerprint density at radius 3 is 2.71 bits per heavy atom. The predicted octanol–water partition coefficient (Wildman–Crippen LogP) is 3.32. The summed E-state index contributed by atoms with van der Waals surface area (Å²) in [6.07, 6.45) is 5.21. The van der Waals surface area contributed by atoms with Crippen LogP contribution in [0, 0.1) is 18.8 Å². The van der Waals surface area contributed by atoms with Crippen molar-refractivity contribution in [2.45, 2.75) is 46.3 Å². The average molecular weight is 286 g/mol. The molecule has 1 heterocycles. The first-order chi connectivity index (χ1) is 10.1. The number of nitrogens with one attached hydrogen (secondary N) is 2. The Balaban J connectivity index is 0.000000774. The first-order valence-corrected chi connectivity index (χ1v) is 7.95. The molecule has 1 fully saturated rings. The molecule has 2 N–H and O–H groups in total. The third kappa shape index (κ3) is 3.35. The van der Waals surface area contributed by atoms with Gasteiger partial charge in [0.1, 0.15) is 6.17 Å². The van der Waals surface area contributed by atoms with E-state index >= 15 is 0 Å². The molecule has 0 spiro atoms. The number of aryl methyl sites for hydroxylation is 1. The first-order valence-electron chi connectivity index (χ1n) is 7.95. The molecule has 3 heteroatoms. The van der Waals surface area contributed by atoms with E-state index in [-0.39, 0.29) is 24.0 Å². The summed E-state index contributed by atoms with van der Waals surface area (Å²) < 4.78 is 0. The second-order valence-electron chi connectivity index (χ2n) is 5.68. The van der Waals surface area contributed by atoms with E-state index in [4.69, 9.17) is 0 Å². The van der Waals surface area contributed by atoms with Crippen molar-refractivity contribution < 1.29 is 4.79 Å². The van der Waals surface area contributed by atoms with Gasteiger partial charge < -0.3 is 5.32 Å². The van der Waals surface area contributed by atoms with Crippen LogP contribution in [0.3, 0.4) is 0 Å².